The van der Waals surface area contributed by atoms with Crippen molar-refractivity contribution in [2.75, 3.05) is 13.1 Å². The molecule has 210 valence electrons. The summed E-state index contributed by atoms with van der Waals surface area (Å²) < 4.78 is 1.54. The molecule has 1 aromatic heterocycles. The number of hydrogen-bond acceptors (Lipinski definition) is 4. The number of aromatic nitrogens is 1. The average Bonchev–Trinajstić information content (AvgIpc) is 2.99. The number of rotatable bonds is 8. The van der Waals surface area contributed by atoms with E-state index < -0.39 is 11.5 Å². The molecule has 0 unspecified atom stereocenters. The molecule has 0 saturated carbocycles. The van der Waals surface area contributed by atoms with Crippen LogP contribution in [-0.4, -0.2) is 45.1 Å². The Hall–Kier alpha value is -4.49. The molecule has 7 nitrogen and oxygen atoms in total. The lowest BCUT2D eigenvalue weighted by molar-refractivity contribution is -0.136. The van der Waals surface area contributed by atoms with Crippen LogP contribution in [0.5, 0.6) is 0 Å². The molecule has 0 aliphatic carbocycles. The highest BCUT2D eigenvalue weighted by Crippen LogP contribution is 2.33. The zero-order chi connectivity index (χ0) is 29.0. The fourth-order valence-corrected chi connectivity index (χ4v) is 5.56. The topological polar surface area (TPSA) is 106 Å². The van der Waals surface area contributed by atoms with Gasteiger partial charge >= 0.3 is 0 Å². The number of likely N-dealkylation sites (tertiary alicyclic amines) is 1. The van der Waals surface area contributed by atoms with Crippen molar-refractivity contribution in [2.45, 2.75) is 44.2 Å². The maximum absolute atomic E-state index is 13.3. The normalized spacial score (nSPS) is 15.3. The highest BCUT2D eigenvalue weighted by Gasteiger charge is 2.35. The van der Waals surface area contributed by atoms with Crippen molar-refractivity contribution in [3.63, 3.8) is 0 Å². The van der Waals surface area contributed by atoms with Crippen LogP contribution in [0.25, 0.3) is 22.3 Å². The van der Waals surface area contributed by atoms with Crippen LogP contribution in [0.1, 0.15) is 48.0 Å². The Kier molecular flexibility index (Phi) is 8.17. The van der Waals surface area contributed by atoms with Crippen LogP contribution in [0.15, 0.2) is 102 Å². The lowest BCUT2D eigenvalue weighted by atomic mass is 9.89. The molecular formula is C34H35N3O4. The second kappa shape index (κ2) is 11.9. The van der Waals surface area contributed by atoms with Gasteiger partial charge in [-0.1, -0.05) is 79.7 Å². The van der Waals surface area contributed by atoms with Crippen molar-refractivity contribution >= 4 is 11.8 Å². The van der Waals surface area contributed by atoms with E-state index in [2.05, 4.69) is 6.92 Å². The predicted molar refractivity (Wildman–Crippen MR) is 160 cm³/mol. The van der Waals surface area contributed by atoms with Crippen LogP contribution in [0.3, 0.4) is 0 Å². The molecular weight excluding hydrogens is 514 g/mol. The first-order valence-corrected chi connectivity index (χ1v) is 14.0. The Morgan fingerprint density at radius 2 is 1.51 bits per heavy atom. The van der Waals surface area contributed by atoms with Gasteiger partial charge in [-0.05, 0) is 53.1 Å². The molecule has 1 aliphatic rings. The Bertz CT molecular complexity index is 1590. The molecule has 0 bridgehead atoms. The standard InChI is InChI=1S/C34H35N3O4/c1-24(25-9-4-2-5-10-25)19-31(38)36-17-15-34(41,16-18-36)23-37-22-30(27-13-8-14-28(20-27)33(35)40)29(21-32(37)39)26-11-6-3-7-12-26/h2-14,20-22,24,41H,15-19,23H2,1H3,(H2,35,40)/t24-/m1/s1. The number of primary amides is 1. The van der Waals surface area contributed by atoms with Crippen molar-refractivity contribution in [1.29, 1.82) is 0 Å². The van der Waals surface area contributed by atoms with Crippen LogP contribution in [0, 0.1) is 0 Å². The van der Waals surface area contributed by atoms with Gasteiger partial charge in [0, 0.05) is 42.9 Å². The quantitative estimate of drug-likeness (QED) is 0.328. The van der Waals surface area contributed by atoms with Crippen LogP contribution in [0.4, 0.5) is 0 Å². The monoisotopic (exact) mass is 549 g/mol. The van der Waals surface area contributed by atoms with Gasteiger partial charge in [0.1, 0.15) is 0 Å². The van der Waals surface area contributed by atoms with Gasteiger partial charge in [0.15, 0.2) is 0 Å². The van der Waals surface area contributed by atoms with E-state index in [1.54, 1.807) is 30.5 Å². The molecule has 1 saturated heterocycles. The summed E-state index contributed by atoms with van der Waals surface area (Å²) in [6, 6.07) is 28.2. The molecule has 1 aliphatic heterocycles. The van der Waals surface area contributed by atoms with Crippen molar-refractivity contribution in [3.8, 4) is 22.3 Å². The lowest BCUT2D eigenvalue weighted by Gasteiger charge is -2.39. The largest absolute Gasteiger partial charge is 0.388 e. The van der Waals surface area contributed by atoms with E-state index in [1.165, 1.54) is 4.57 Å². The van der Waals surface area contributed by atoms with Crippen molar-refractivity contribution in [2.24, 2.45) is 5.73 Å². The maximum Gasteiger partial charge on any atom is 0.251 e. The highest BCUT2D eigenvalue weighted by atomic mass is 16.3. The van der Waals surface area contributed by atoms with Gasteiger partial charge in [0.25, 0.3) is 5.56 Å². The number of carbonyl (C=O) groups excluding carboxylic acids is 2. The van der Waals surface area contributed by atoms with Gasteiger partial charge in [0.2, 0.25) is 11.8 Å². The summed E-state index contributed by atoms with van der Waals surface area (Å²) in [4.78, 5) is 40.0. The Morgan fingerprint density at radius 3 is 2.17 bits per heavy atom. The van der Waals surface area contributed by atoms with E-state index in [1.807, 2.05) is 71.6 Å². The summed E-state index contributed by atoms with van der Waals surface area (Å²) in [5, 5.41) is 11.5. The molecule has 3 aromatic carbocycles. The van der Waals surface area contributed by atoms with Gasteiger partial charge < -0.3 is 20.3 Å². The van der Waals surface area contributed by atoms with Crippen LogP contribution in [-0.2, 0) is 11.3 Å². The van der Waals surface area contributed by atoms with E-state index in [4.69, 9.17) is 5.73 Å². The van der Waals surface area contributed by atoms with Gasteiger partial charge in [-0.2, -0.15) is 0 Å². The summed E-state index contributed by atoms with van der Waals surface area (Å²) >= 11 is 0. The summed E-state index contributed by atoms with van der Waals surface area (Å²) in [6.45, 7) is 3.02. The number of amides is 2. The molecule has 5 rings (SSSR count). The third-order valence-corrected chi connectivity index (χ3v) is 8.03. The van der Waals surface area contributed by atoms with Crippen molar-refractivity contribution < 1.29 is 14.7 Å². The zero-order valence-electron chi connectivity index (χ0n) is 23.2. The van der Waals surface area contributed by atoms with Crippen LogP contribution in [0.2, 0.25) is 0 Å². The molecule has 2 heterocycles. The fourth-order valence-electron chi connectivity index (χ4n) is 5.56. The molecule has 4 aromatic rings. The SMILES string of the molecule is C[C@H](CC(=O)N1CCC(O)(Cn2cc(-c3cccc(C(N)=O)c3)c(-c3ccccc3)cc2=O)CC1)c1ccccc1. The summed E-state index contributed by atoms with van der Waals surface area (Å²) in [6.07, 6.45) is 2.91. The second-order valence-electron chi connectivity index (χ2n) is 11.0. The third kappa shape index (κ3) is 6.47. The van der Waals surface area contributed by atoms with Gasteiger partial charge in [0.05, 0.1) is 12.1 Å². The third-order valence-electron chi connectivity index (χ3n) is 8.03. The molecule has 41 heavy (non-hydrogen) atoms. The van der Waals surface area contributed by atoms with Crippen LogP contribution < -0.4 is 11.3 Å². The van der Waals surface area contributed by atoms with Crippen molar-refractivity contribution in [3.05, 3.63) is 119 Å². The smallest absolute Gasteiger partial charge is 0.251 e. The minimum Gasteiger partial charge on any atom is -0.388 e. The van der Waals surface area contributed by atoms with E-state index >= 15 is 0 Å². The summed E-state index contributed by atoms with van der Waals surface area (Å²) in [5.74, 6) is -0.350. The van der Waals surface area contributed by atoms with Crippen molar-refractivity contribution in [1.82, 2.24) is 9.47 Å². The summed E-state index contributed by atoms with van der Waals surface area (Å²) in [7, 11) is 0. The number of benzene rings is 3. The molecule has 1 fully saturated rings. The Morgan fingerprint density at radius 1 is 0.878 bits per heavy atom. The number of aliphatic hydroxyl groups is 1. The highest BCUT2D eigenvalue weighted by molar-refractivity contribution is 5.95. The van der Waals surface area contributed by atoms with E-state index in [-0.39, 0.29) is 23.9 Å². The first-order chi connectivity index (χ1) is 19.7. The van der Waals surface area contributed by atoms with E-state index in [9.17, 15) is 19.5 Å². The number of nitrogens with zero attached hydrogens (tertiary/aromatic N) is 2. The first-order valence-electron chi connectivity index (χ1n) is 14.0. The number of nitrogens with two attached hydrogens (primary N) is 1. The molecule has 3 N–H and O–H groups in total. The average molecular weight is 550 g/mol. The van der Waals surface area contributed by atoms with Gasteiger partial charge in [-0.25, -0.2) is 0 Å². The molecule has 7 heteroatoms. The predicted octanol–water partition coefficient (Wildman–Crippen LogP) is 4.83. The summed E-state index contributed by atoms with van der Waals surface area (Å²) in [5.41, 5.74) is 8.77. The number of carbonyl (C=O) groups is 2. The van der Waals surface area contributed by atoms with Gasteiger partial charge in [-0.3, -0.25) is 14.4 Å². The number of pyridine rings is 1. The second-order valence-corrected chi connectivity index (χ2v) is 11.0. The van der Waals surface area contributed by atoms with Crippen LogP contribution >= 0.6 is 0 Å². The van der Waals surface area contributed by atoms with Gasteiger partial charge in [-0.15, -0.1) is 0 Å². The number of hydrogen-bond donors (Lipinski definition) is 2. The minimum absolute atomic E-state index is 0.0735. The lowest BCUT2D eigenvalue weighted by Crippen LogP contribution is -2.49. The number of piperidine rings is 1. The maximum atomic E-state index is 13.3. The minimum atomic E-state index is -1.13. The fraction of sp³-hybridized carbons (Fsp3) is 0.265. The Labute approximate surface area is 239 Å². The Balaban J connectivity index is 1.36. The molecule has 0 radical (unpaired) electrons. The first kappa shape index (κ1) is 28.1. The molecule has 1 atom stereocenters. The van der Waals surface area contributed by atoms with E-state index in [0.717, 1.165) is 27.8 Å². The molecule has 0 spiro atoms. The zero-order valence-corrected chi connectivity index (χ0v) is 23.2. The molecule has 2 amide bonds. The van der Waals surface area contributed by atoms with E-state index in [0.29, 0.717) is 37.9 Å².